The van der Waals surface area contributed by atoms with Gasteiger partial charge in [-0.25, -0.2) is 0 Å². The molecule has 0 N–H and O–H groups in total. The minimum absolute atomic E-state index is 0.827. The summed E-state index contributed by atoms with van der Waals surface area (Å²) in [5, 5.41) is 4.66. The van der Waals surface area contributed by atoms with E-state index in [4.69, 9.17) is 0 Å². The van der Waals surface area contributed by atoms with Crippen LogP contribution in [-0.4, -0.2) is 6.29 Å². The number of rotatable bonds is 8. The zero-order chi connectivity index (χ0) is 16.8. The average Bonchev–Trinajstić information content (AvgIpc) is 2.63. The van der Waals surface area contributed by atoms with E-state index in [1.165, 1.54) is 54.9 Å². The summed E-state index contributed by atoms with van der Waals surface area (Å²) in [6.45, 7) is 2.26. The van der Waals surface area contributed by atoms with Crippen LogP contribution in [0.1, 0.15) is 61.4 Å². The van der Waals surface area contributed by atoms with E-state index in [1.807, 2.05) is 12.1 Å². The maximum atomic E-state index is 11.7. The Hall–Kier alpha value is -2.15. The minimum atomic E-state index is 0.827. The van der Waals surface area contributed by atoms with Crippen LogP contribution in [0.4, 0.5) is 0 Å². The maximum Gasteiger partial charge on any atom is 0.151 e. The quantitative estimate of drug-likeness (QED) is 0.256. The van der Waals surface area contributed by atoms with Crippen LogP contribution in [0.15, 0.2) is 48.5 Å². The Bertz CT molecular complexity index is 775. The molecule has 0 fully saturated rings. The highest BCUT2D eigenvalue weighted by molar-refractivity contribution is 6.14. The Balaban J connectivity index is 1.97. The van der Waals surface area contributed by atoms with Gasteiger partial charge in [0.15, 0.2) is 6.29 Å². The zero-order valence-corrected chi connectivity index (χ0v) is 14.6. The molecule has 124 valence electrons. The summed E-state index contributed by atoms with van der Waals surface area (Å²) in [5.74, 6) is 0. The normalized spacial score (nSPS) is 11.2. The van der Waals surface area contributed by atoms with Crippen molar-refractivity contribution >= 4 is 27.8 Å². The first kappa shape index (κ1) is 16.7. The van der Waals surface area contributed by atoms with Gasteiger partial charge >= 0.3 is 0 Å². The highest BCUT2D eigenvalue weighted by Crippen LogP contribution is 2.33. The Kier molecular flexibility index (Phi) is 5.63. The predicted molar refractivity (Wildman–Crippen MR) is 104 cm³/mol. The molecule has 3 aromatic rings. The highest BCUT2D eigenvalue weighted by Gasteiger charge is 2.12. The van der Waals surface area contributed by atoms with Gasteiger partial charge in [-0.15, -0.1) is 0 Å². The van der Waals surface area contributed by atoms with Gasteiger partial charge in [-0.1, -0.05) is 87.6 Å². The molecule has 1 heteroatoms. The third-order valence-electron chi connectivity index (χ3n) is 4.98. The fraction of sp³-hybridized carbons (Fsp3) is 0.348. The van der Waals surface area contributed by atoms with Gasteiger partial charge in [0, 0.05) is 5.56 Å². The first-order chi connectivity index (χ1) is 11.9. The van der Waals surface area contributed by atoms with Crippen molar-refractivity contribution in [3.8, 4) is 0 Å². The molecule has 1 nitrogen and oxygen atoms in total. The van der Waals surface area contributed by atoms with E-state index in [2.05, 4.69) is 43.3 Å². The number of fused-ring (bicyclic) bond motifs is 2. The fourth-order valence-electron chi connectivity index (χ4n) is 3.73. The molecule has 0 aliphatic heterocycles. The molecule has 3 aromatic carbocycles. The molecule has 0 heterocycles. The molecule has 0 radical (unpaired) electrons. The second-order valence-electron chi connectivity index (χ2n) is 6.62. The van der Waals surface area contributed by atoms with Crippen molar-refractivity contribution in [2.45, 2.75) is 51.9 Å². The molecule has 3 rings (SSSR count). The zero-order valence-electron chi connectivity index (χ0n) is 14.6. The molecule has 0 aromatic heterocycles. The van der Waals surface area contributed by atoms with Crippen LogP contribution in [0.5, 0.6) is 0 Å². The molecule has 0 saturated heterocycles. The highest BCUT2D eigenvalue weighted by atomic mass is 16.1. The van der Waals surface area contributed by atoms with Crippen LogP contribution in [-0.2, 0) is 6.42 Å². The summed E-state index contributed by atoms with van der Waals surface area (Å²) in [7, 11) is 0. The second-order valence-corrected chi connectivity index (χ2v) is 6.62. The van der Waals surface area contributed by atoms with E-state index < -0.39 is 0 Å². The average molecular weight is 318 g/mol. The molecule has 0 saturated carbocycles. The van der Waals surface area contributed by atoms with E-state index in [0.29, 0.717) is 0 Å². The fourth-order valence-corrected chi connectivity index (χ4v) is 3.73. The van der Waals surface area contributed by atoms with Gasteiger partial charge in [0.25, 0.3) is 0 Å². The standard InChI is InChI=1S/C23H26O/c1-2-3-4-5-6-7-12-18-19-13-8-10-15-21(19)23(17-24)22-16-11-9-14-20(18)22/h8-11,13-17H,2-7,12H2,1H3. The van der Waals surface area contributed by atoms with Crippen LogP contribution < -0.4 is 0 Å². The lowest BCUT2D eigenvalue weighted by Gasteiger charge is -2.14. The summed E-state index contributed by atoms with van der Waals surface area (Å²) in [6, 6.07) is 16.7. The molecule has 0 bridgehead atoms. The number of hydrogen-bond acceptors (Lipinski definition) is 1. The summed E-state index contributed by atoms with van der Waals surface area (Å²) < 4.78 is 0. The molecule has 0 unspecified atom stereocenters. The Morgan fingerprint density at radius 3 is 1.75 bits per heavy atom. The topological polar surface area (TPSA) is 17.1 Å². The van der Waals surface area contributed by atoms with E-state index in [9.17, 15) is 4.79 Å². The van der Waals surface area contributed by atoms with E-state index >= 15 is 0 Å². The molecule has 24 heavy (non-hydrogen) atoms. The van der Waals surface area contributed by atoms with Gasteiger partial charge in [-0.3, -0.25) is 4.79 Å². The van der Waals surface area contributed by atoms with Gasteiger partial charge < -0.3 is 0 Å². The first-order valence-corrected chi connectivity index (χ1v) is 9.24. The largest absolute Gasteiger partial charge is 0.298 e. The smallest absolute Gasteiger partial charge is 0.151 e. The number of carbonyl (C=O) groups excluding carboxylic acids is 1. The number of aldehydes is 1. The van der Waals surface area contributed by atoms with Gasteiger partial charge in [0.2, 0.25) is 0 Å². The SMILES string of the molecule is CCCCCCCCc1c2ccccc2c(C=O)c2ccccc12. The van der Waals surface area contributed by atoms with Crippen LogP contribution in [0.3, 0.4) is 0 Å². The van der Waals surface area contributed by atoms with E-state index in [1.54, 1.807) is 0 Å². The van der Waals surface area contributed by atoms with Gasteiger partial charge in [0.05, 0.1) is 0 Å². The first-order valence-electron chi connectivity index (χ1n) is 9.24. The van der Waals surface area contributed by atoms with Crippen molar-refractivity contribution in [3.05, 3.63) is 59.7 Å². The summed E-state index contributed by atoms with van der Waals surface area (Å²) in [6.07, 6.45) is 9.93. The lowest BCUT2D eigenvalue weighted by molar-refractivity contribution is 0.112. The maximum absolute atomic E-state index is 11.7. The van der Waals surface area contributed by atoms with Crippen molar-refractivity contribution in [1.82, 2.24) is 0 Å². The van der Waals surface area contributed by atoms with E-state index in [-0.39, 0.29) is 0 Å². The van der Waals surface area contributed by atoms with Gasteiger partial charge in [0.1, 0.15) is 0 Å². The third-order valence-corrected chi connectivity index (χ3v) is 4.98. The second kappa shape index (κ2) is 8.10. The molecule has 0 atom stereocenters. The summed E-state index contributed by atoms with van der Waals surface area (Å²) in [4.78, 5) is 11.7. The molecule has 0 spiro atoms. The van der Waals surface area contributed by atoms with Crippen LogP contribution >= 0.6 is 0 Å². The molecule has 0 aliphatic carbocycles. The lowest BCUT2D eigenvalue weighted by Crippen LogP contribution is -1.95. The lowest BCUT2D eigenvalue weighted by atomic mass is 9.89. The van der Waals surface area contributed by atoms with Gasteiger partial charge in [-0.2, -0.15) is 0 Å². The Morgan fingerprint density at radius 2 is 1.21 bits per heavy atom. The third kappa shape index (κ3) is 3.36. The van der Waals surface area contributed by atoms with Crippen molar-refractivity contribution in [2.75, 3.05) is 0 Å². The van der Waals surface area contributed by atoms with Crippen molar-refractivity contribution in [3.63, 3.8) is 0 Å². The predicted octanol–water partition coefficient (Wildman–Crippen LogP) is 6.71. The Labute approximate surface area is 144 Å². The number of unbranched alkanes of at least 4 members (excludes halogenated alkanes) is 5. The van der Waals surface area contributed by atoms with Crippen molar-refractivity contribution < 1.29 is 4.79 Å². The van der Waals surface area contributed by atoms with Crippen LogP contribution in [0.25, 0.3) is 21.5 Å². The number of carbonyl (C=O) groups is 1. The van der Waals surface area contributed by atoms with E-state index in [0.717, 1.165) is 29.0 Å². The summed E-state index contributed by atoms with van der Waals surface area (Å²) >= 11 is 0. The van der Waals surface area contributed by atoms with Crippen LogP contribution in [0, 0.1) is 0 Å². The monoisotopic (exact) mass is 318 g/mol. The molecule has 0 amide bonds. The summed E-state index contributed by atoms with van der Waals surface area (Å²) in [5.41, 5.74) is 2.23. The minimum Gasteiger partial charge on any atom is -0.298 e. The van der Waals surface area contributed by atoms with Gasteiger partial charge in [-0.05, 0) is 39.9 Å². The molecular formula is C23H26O. The van der Waals surface area contributed by atoms with Crippen molar-refractivity contribution in [2.24, 2.45) is 0 Å². The number of aryl methyl sites for hydroxylation is 1. The molecular weight excluding hydrogens is 292 g/mol. The Morgan fingerprint density at radius 1 is 0.708 bits per heavy atom. The molecule has 0 aliphatic rings. The number of hydrogen-bond donors (Lipinski definition) is 0. The van der Waals surface area contributed by atoms with Crippen LogP contribution in [0.2, 0.25) is 0 Å². The number of benzene rings is 3. The van der Waals surface area contributed by atoms with Crippen molar-refractivity contribution in [1.29, 1.82) is 0 Å².